The van der Waals surface area contributed by atoms with Crippen LogP contribution in [0.5, 0.6) is 0 Å². The number of likely N-dealkylation sites (N-methyl/N-ethyl adjacent to an activating group) is 1. The molecule has 1 amide bonds. The molecule has 1 aromatic carbocycles. The lowest BCUT2D eigenvalue weighted by Crippen LogP contribution is -2.37. The van der Waals surface area contributed by atoms with Crippen LogP contribution < -0.4 is 0 Å². The van der Waals surface area contributed by atoms with E-state index in [4.69, 9.17) is 16.7 Å². The van der Waals surface area contributed by atoms with Gasteiger partial charge in [0.2, 0.25) is 0 Å². The fourth-order valence-electron chi connectivity index (χ4n) is 3.03. The highest BCUT2D eigenvalue weighted by atomic mass is 35.5. The summed E-state index contributed by atoms with van der Waals surface area (Å²) in [4.78, 5) is 37.2. The molecule has 0 bridgehead atoms. The first kappa shape index (κ1) is 19.1. The van der Waals surface area contributed by atoms with Crippen molar-refractivity contribution < 1.29 is 19.6 Å². The normalized spacial score (nSPS) is 18.0. The average Bonchev–Trinajstić information content (AvgIpc) is 2.79. The zero-order valence-electron chi connectivity index (χ0n) is 13.9. The van der Waals surface area contributed by atoms with Crippen molar-refractivity contribution >= 4 is 29.2 Å². The van der Waals surface area contributed by atoms with Crippen molar-refractivity contribution in [1.82, 2.24) is 9.80 Å². The first-order valence-corrected chi connectivity index (χ1v) is 8.32. The van der Waals surface area contributed by atoms with Crippen LogP contribution in [0.15, 0.2) is 18.2 Å². The second-order valence-electron chi connectivity index (χ2n) is 6.11. The summed E-state index contributed by atoms with van der Waals surface area (Å²) in [5.41, 5.74) is 0.0809. The lowest BCUT2D eigenvalue weighted by Gasteiger charge is -2.25. The van der Waals surface area contributed by atoms with Crippen molar-refractivity contribution in [1.29, 1.82) is 0 Å². The Labute approximate surface area is 150 Å². The zero-order chi connectivity index (χ0) is 18.6. The van der Waals surface area contributed by atoms with E-state index in [0.29, 0.717) is 19.5 Å². The second-order valence-corrected chi connectivity index (χ2v) is 6.51. The number of nitrogens with zero attached hydrogens (tertiary/aromatic N) is 3. The van der Waals surface area contributed by atoms with Crippen LogP contribution >= 0.6 is 11.6 Å². The molecule has 9 heteroatoms. The van der Waals surface area contributed by atoms with E-state index in [0.717, 1.165) is 12.8 Å². The number of carboxylic acids is 1. The molecular formula is C16H20ClN3O5. The smallest absolute Gasteiger partial charge is 0.317 e. The molecule has 0 saturated carbocycles. The quantitative estimate of drug-likeness (QED) is 0.630. The lowest BCUT2D eigenvalue weighted by atomic mass is 10.1. The summed E-state index contributed by atoms with van der Waals surface area (Å²) in [6, 6.07) is 3.92. The number of halogens is 1. The summed E-state index contributed by atoms with van der Waals surface area (Å²) >= 11 is 6.04. The van der Waals surface area contributed by atoms with Gasteiger partial charge in [-0.2, -0.15) is 0 Å². The van der Waals surface area contributed by atoms with Gasteiger partial charge in [-0.05, 0) is 32.4 Å². The number of nitro groups is 1. The number of aliphatic carboxylic acids is 1. The van der Waals surface area contributed by atoms with Crippen molar-refractivity contribution in [3.8, 4) is 0 Å². The monoisotopic (exact) mass is 369 g/mol. The summed E-state index contributed by atoms with van der Waals surface area (Å²) in [5.74, 6) is -1.14. The fraction of sp³-hybridized carbons (Fsp3) is 0.500. The van der Waals surface area contributed by atoms with Crippen LogP contribution in [-0.2, 0) is 4.79 Å². The maximum atomic E-state index is 12.7. The van der Waals surface area contributed by atoms with Crippen molar-refractivity contribution in [2.45, 2.75) is 25.3 Å². The van der Waals surface area contributed by atoms with Crippen molar-refractivity contribution in [2.24, 2.45) is 0 Å². The Morgan fingerprint density at radius 3 is 2.72 bits per heavy atom. The maximum Gasteiger partial charge on any atom is 0.317 e. The summed E-state index contributed by atoms with van der Waals surface area (Å²) in [7, 11) is 1.77. The van der Waals surface area contributed by atoms with Crippen LogP contribution in [0.3, 0.4) is 0 Å². The molecule has 1 aromatic rings. The molecule has 136 valence electrons. The third-order valence-electron chi connectivity index (χ3n) is 4.39. The van der Waals surface area contributed by atoms with E-state index in [-0.39, 0.29) is 34.8 Å². The van der Waals surface area contributed by atoms with E-state index < -0.39 is 10.9 Å². The highest BCUT2D eigenvalue weighted by Gasteiger charge is 2.26. The van der Waals surface area contributed by atoms with Crippen LogP contribution in [-0.4, -0.2) is 64.4 Å². The minimum atomic E-state index is -0.877. The molecule has 1 aliphatic rings. The molecule has 0 spiro atoms. The first-order valence-electron chi connectivity index (χ1n) is 7.95. The van der Waals surface area contributed by atoms with Gasteiger partial charge in [-0.25, -0.2) is 0 Å². The topological polar surface area (TPSA) is 104 Å². The minimum Gasteiger partial charge on any atom is -0.480 e. The highest BCUT2D eigenvalue weighted by Crippen LogP contribution is 2.25. The minimum absolute atomic E-state index is 0.0349. The van der Waals surface area contributed by atoms with Crippen LogP contribution in [0.4, 0.5) is 5.69 Å². The number of hydrogen-bond donors (Lipinski definition) is 1. The summed E-state index contributed by atoms with van der Waals surface area (Å²) in [6.45, 7) is 0.997. The Kier molecular flexibility index (Phi) is 6.33. The number of rotatable bonds is 5. The van der Waals surface area contributed by atoms with Gasteiger partial charge >= 0.3 is 5.97 Å². The van der Waals surface area contributed by atoms with E-state index in [2.05, 4.69) is 0 Å². The molecule has 1 aliphatic heterocycles. The summed E-state index contributed by atoms with van der Waals surface area (Å²) < 4.78 is 0. The fourth-order valence-corrected chi connectivity index (χ4v) is 3.28. The Morgan fingerprint density at radius 1 is 1.40 bits per heavy atom. The van der Waals surface area contributed by atoms with Gasteiger partial charge in [0.15, 0.2) is 0 Å². The third kappa shape index (κ3) is 4.90. The molecule has 1 saturated heterocycles. The molecule has 25 heavy (non-hydrogen) atoms. The largest absolute Gasteiger partial charge is 0.480 e. The lowest BCUT2D eigenvalue weighted by molar-refractivity contribution is -0.384. The number of hydrogen-bond acceptors (Lipinski definition) is 5. The van der Waals surface area contributed by atoms with Gasteiger partial charge < -0.3 is 10.0 Å². The number of benzene rings is 1. The molecular weight excluding hydrogens is 350 g/mol. The van der Waals surface area contributed by atoms with Crippen LogP contribution in [0.25, 0.3) is 0 Å². The van der Waals surface area contributed by atoms with Gasteiger partial charge in [-0.3, -0.25) is 24.6 Å². The number of nitro benzene ring substituents is 1. The Hall–Kier alpha value is -2.19. The molecule has 0 aliphatic carbocycles. The van der Waals surface area contributed by atoms with Crippen LogP contribution in [0, 0.1) is 10.1 Å². The van der Waals surface area contributed by atoms with Gasteiger partial charge in [0.05, 0.1) is 22.1 Å². The maximum absolute atomic E-state index is 12.7. The number of carboxylic acid groups (broad SMARTS) is 1. The van der Waals surface area contributed by atoms with Crippen molar-refractivity contribution in [2.75, 3.05) is 26.7 Å². The molecule has 1 unspecified atom stereocenters. The second kappa shape index (κ2) is 8.26. The van der Waals surface area contributed by atoms with E-state index in [1.807, 2.05) is 0 Å². The van der Waals surface area contributed by atoms with Crippen molar-refractivity contribution in [3.63, 3.8) is 0 Å². The molecule has 8 nitrogen and oxygen atoms in total. The SMILES string of the molecule is CN(CC(=O)O)C1CCCN(C(=O)c2ccc([N+](=O)[O-])cc2Cl)CC1. The number of carbonyl (C=O) groups is 2. The summed E-state index contributed by atoms with van der Waals surface area (Å²) in [6.07, 6.45) is 2.23. The average molecular weight is 370 g/mol. The predicted octanol–water partition coefficient (Wildman–Crippen LogP) is 2.26. The number of non-ortho nitro benzene ring substituents is 1. The number of likely N-dealkylation sites (tertiary alicyclic amines) is 1. The number of carbonyl (C=O) groups excluding carboxylic acids is 1. The van der Waals surface area contributed by atoms with E-state index in [9.17, 15) is 19.7 Å². The Bertz CT molecular complexity index is 682. The Balaban J connectivity index is 2.06. The Morgan fingerprint density at radius 2 is 2.12 bits per heavy atom. The zero-order valence-corrected chi connectivity index (χ0v) is 14.6. The molecule has 0 radical (unpaired) electrons. The van der Waals surface area contributed by atoms with Gasteiger partial charge in [-0.15, -0.1) is 0 Å². The van der Waals surface area contributed by atoms with Gasteiger partial charge in [-0.1, -0.05) is 11.6 Å². The van der Waals surface area contributed by atoms with E-state index in [1.54, 1.807) is 16.8 Å². The molecule has 1 fully saturated rings. The predicted molar refractivity (Wildman–Crippen MR) is 91.9 cm³/mol. The molecule has 1 atom stereocenters. The first-order chi connectivity index (χ1) is 11.8. The van der Waals surface area contributed by atoms with E-state index >= 15 is 0 Å². The standard InChI is InChI=1S/C16H20ClN3O5/c1-18(10-15(21)22)11-3-2-7-19(8-6-11)16(23)13-5-4-12(20(24)25)9-14(13)17/h4-5,9,11H,2-3,6-8,10H2,1H3,(H,21,22). The van der Waals surface area contributed by atoms with Crippen LogP contribution in [0.1, 0.15) is 29.6 Å². The molecule has 1 heterocycles. The van der Waals surface area contributed by atoms with Gasteiger partial charge in [0.1, 0.15) is 0 Å². The van der Waals surface area contributed by atoms with Crippen molar-refractivity contribution in [3.05, 3.63) is 38.9 Å². The number of amides is 1. The third-order valence-corrected chi connectivity index (χ3v) is 4.70. The van der Waals surface area contributed by atoms with Gasteiger partial charge in [0, 0.05) is 31.3 Å². The summed E-state index contributed by atoms with van der Waals surface area (Å²) in [5, 5.41) is 19.7. The van der Waals surface area contributed by atoms with Gasteiger partial charge in [0.25, 0.3) is 11.6 Å². The highest BCUT2D eigenvalue weighted by molar-refractivity contribution is 6.34. The molecule has 0 aromatic heterocycles. The van der Waals surface area contributed by atoms with E-state index in [1.165, 1.54) is 18.2 Å². The molecule has 2 rings (SSSR count). The van der Waals surface area contributed by atoms with Crippen LogP contribution in [0.2, 0.25) is 5.02 Å². The molecule has 1 N–H and O–H groups in total.